The van der Waals surface area contributed by atoms with Gasteiger partial charge in [-0.25, -0.2) is 0 Å². The number of carbonyl (C=O) groups is 1. The number of aromatic nitrogens is 2. The van der Waals surface area contributed by atoms with Gasteiger partial charge in [0, 0.05) is 0 Å². The number of aryl methyl sites for hydroxylation is 1. The van der Waals surface area contributed by atoms with Gasteiger partial charge in [0.15, 0.2) is 5.82 Å². The topological polar surface area (TPSA) is 88.2 Å². The van der Waals surface area contributed by atoms with Gasteiger partial charge in [-0.05, 0) is 48.4 Å². The van der Waals surface area contributed by atoms with Crippen LogP contribution in [-0.2, 0) is 5.60 Å². The number of nitrogens with zero attached hydrogens (tertiary/aromatic N) is 2. The summed E-state index contributed by atoms with van der Waals surface area (Å²) in [4.78, 5) is 16.7. The second-order valence-electron chi connectivity index (χ2n) is 5.66. The van der Waals surface area contributed by atoms with Crippen molar-refractivity contribution in [3.8, 4) is 11.5 Å². The minimum absolute atomic E-state index is 0.0970. The van der Waals surface area contributed by atoms with Crippen LogP contribution in [0.15, 0.2) is 45.6 Å². The fourth-order valence-corrected chi connectivity index (χ4v) is 3.08. The van der Waals surface area contributed by atoms with Crippen molar-refractivity contribution in [3.63, 3.8) is 0 Å². The molecule has 0 spiro atoms. The maximum absolute atomic E-state index is 12.6. The summed E-state index contributed by atoms with van der Waals surface area (Å²) in [5.74, 6) is 0.486. The lowest BCUT2D eigenvalue weighted by molar-refractivity contribution is 0.0530. The third kappa shape index (κ3) is 3.37. The number of benzene rings is 1. The molecule has 0 aliphatic heterocycles. The SMILES string of the molecule is Cc1noc(-c2ccccc2C(=O)NC[C@@](C)(O)c2ccsc2)n1. The molecule has 6 nitrogen and oxygen atoms in total. The van der Waals surface area contributed by atoms with Crippen molar-refractivity contribution in [2.75, 3.05) is 6.54 Å². The summed E-state index contributed by atoms with van der Waals surface area (Å²) in [6, 6.07) is 8.83. The normalized spacial score (nSPS) is 13.5. The Morgan fingerprint density at radius 1 is 1.38 bits per heavy atom. The summed E-state index contributed by atoms with van der Waals surface area (Å²) in [6.45, 7) is 3.48. The van der Waals surface area contributed by atoms with E-state index in [0.29, 0.717) is 22.8 Å². The molecule has 0 saturated heterocycles. The Kier molecular flexibility index (Phi) is 4.46. The number of rotatable bonds is 5. The predicted octanol–water partition coefficient (Wildman–Crippen LogP) is 2.74. The molecule has 0 aliphatic rings. The summed E-state index contributed by atoms with van der Waals surface area (Å²) < 4.78 is 5.16. The minimum atomic E-state index is -1.13. The molecule has 2 N–H and O–H groups in total. The predicted molar refractivity (Wildman–Crippen MR) is 90.7 cm³/mol. The molecule has 1 amide bonds. The first-order valence-electron chi connectivity index (χ1n) is 7.40. The quantitative estimate of drug-likeness (QED) is 0.744. The van der Waals surface area contributed by atoms with E-state index < -0.39 is 5.60 Å². The lowest BCUT2D eigenvalue weighted by Crippen LogP contribution is -2.38. The molecule has 0 bridgehead atoms. The van der Waals surface area contributed by atoms with Crippen molar-refractivity contribution in [3.05, 3.63) is 58.0 Å². The molecular formula is C17H17N3O3S. The van der Waals surface area contributed by atoms with Gasteiger partial charge in [-0.2, -0.15) is 16.3 Å². The zero-order chi connectivity index (χ0) is 17.2. The lowest BCUT2D eigenvalue weighted by atomic mass is 9.99. The van der Waals surface area contributed by atoms with Crippen LogP contribution in [0.2, 0.25) is 0 Å². The molecule has 0 fully saturated rings. The van der Waals surface area contributed by atoms with Crippen LogP contribution in [0.3, 0.4) is 0 Å². The first kappa shape index (κ1) is 16.4. The van der Waals surface area contributed by atoms with E-state index in [-0.39, 0.29) is 12.5 Å². The molecule has 1 atom stereocenters. The van der Waals surface area contributed by atoms with E-state index in [4.69, 9.17) is 4.52 Å². The monoisotopic (exact) mass is 343 g/mol. The van der Waals surface area contributed by atoms with E-state index in [1.165, 1.54) is 11.3 Å². The molecule has 2 aromatic heterocycles. The Morgan fingerprint density at radius 3 is 2.83 bits per heavy atom. The number of aliphatic hydroxyl groups is 1. The Balaban J connectivity index is 1.79. The minimum Gasteiger partial charge on any atom is -0.384 e. The van der Waals surface area contributed by atoms with Gasteiger partial charge in [-0.3, -0.25) is 4.79 Å². The van der Waals surface area contributed by atoms with E-state index in [2.05, 4.69) is 15.5 Å². The van der Waals surface area contributed by atoms with Crippen molar-refractivity contribution >= 4 is 17.2 Å². The number of amides is 1. The van der Waals surface area contributed by atoms with Crippen LogP contribution in [0.5, 0.6) is 0 Å². The molecule has 0 unspecified atom stereocenters. The van der Waals surface area contributed by atoms with Gasteiger partial charge in [-0.15, -0.1) is 0 Å². The number of hydrogen-bond donors (Lipinski definition) is 2. The van der Waals surface area contributed by atoms with E-state index in [0.717, 1.165) is 5.56 Å². The number of nitrogens with one attached hydrogen (secondary N) is 1. The van der Waals surface area contributed by atoms with Gasteiger partial charge in [0.1, 0.15) is 5.60 Å². The van der Waals surface area contributed by atoms with Crippen LogP contribution in [0.25, 0.3) is 11.5 Å². The third-order valence-electron chi connectivity index (χ3n) is 3.67. The summed E-state index contributed by atoms with van der Waals surface area (Å²) in [6.07, 6.45) is 0. The average molecular weight is 343 g/mol. The molecule has 24 heavy (non-hydrogen) atoms. The zero-order valence-electron chi connectivity index (χ0n) is 13.3. The van der Waals surface area contributed by atoms with E-state index in [1.807, 2.05) is 16.8 Å². The largest absolute Gasteiger partial charge is 0.384 e. The second-order valence-corrected chi connectivity index (χ2v) is 6.44. The van der Waals surface area contributed by atoms with E-state index >= 15 is 0 Å². The van der Waals surface area contributed by atoms with Gasteiger partial charge in [0.25, 0.3) is 11.8 Å². The highest BCUT2D eigenvalue weighted by atomic mass is 32.1. The van der Waals surface area contributed by atoms with Crippen molar-refractivity contribution in [1.29, 1.82) is 0 Å². The number of hydrogen-bond acceptors (Lipinski definition) is 6. The highest BCUT2D eigenvalue weighted by molar-refractivity contribution is 7.08. The molecule has 124 valence electrons. The van der Waals surface area contributed by atoms with E-state index in [1.54, 1.807) is 38.1 Å². The van der Waals surface area contributed by atoms with Gasteiger partial charge < -0.3 is 14.9 Å². The Labute approximate surface area is 143 Å². The van der Waals surface area contributed by atoms with Crippen molar-refractivity contribution < 1.29 is 14.4 Å². The molecule has 0 saturated carbocycles. The summed E-state index contributed by atoms with van der Waals surface area (Å²) in [5, 5.41) is 20.8. The summed E-state index contributed by atoms with van der Waals surface area (Å²) in [5.41, 5.74) is 0.618. The summed E-state index contributed by atoms with van der Waals surface area (Å²) >= 11 is 1.50. The Morgan fingerprint density at radius 2 is 2.17 bits per heavy atom. The van der Waals surface area contributed by atoms with Crippen LogP contribution in [0.4, 0.5) is 0 Å². The van der Waals surface area contributed by atoms with Crippen LogP contribution in [0.1, 0.15) is 28.7 Å². The van der Waals surface area contributed by atoms with Crippen LogP contribution in [0, 0.1) is 6.92 Å². The molecular weight excluding hydrogens is 326 g/mol. The third-order valence-corrected chi connectivity index (χ3v) is 4.35. The van der Waals surface area contributed by atoms with Crippen LogP contribution < -0.4 is 5.32 Å². The van der Waals surface area contributed by atoms with E-state index in [9.17, 15) is 9.90 Å². The molecule has 3 rings (SSSR count). The Bertz CT molecular complexity index is 840. The van der Waals surface area contributed by atoms with Crippen LogP contribution in [-0.4, -0.2) is 27.7 Å². The standard InChI is InChI=1S/C17H17N3O3S/c1-11-19-16(23-20-11)14-6-4-3-5-13(14)15(21)18-10-17(2,22)12-7-8-24-9-12/h3-9,22H,10H2,1-2H3,(H,18,21)/t17-/m1/s1. The molecule has 0 aliphatic carbocycles. The second kappa shape index (κ2) is 6.54. The maximum Gasteiger partial charge on any atom is 0.258 e. The molecule has 7 heteroatoms. The molecule has 2 heterocycles. The van der Waals surface area contributed by atoms with Crippen LogP contribution >= 0.6 is 11.3 Å². The van der Waals surface area contributed by atoms with Crippen molar-refractivity contribution in [2.45, 2.75) is 19.4 Å². The van der Waals surface area contributed by atoms with Crippen molar-refractivity contribution in [2.24, 2.45) is 0 Å². The fourth-order valence-electron chi connectivity index (χ4n) is 2.29. The first-order chi connectivity index (χ1) is 11.5. The first-order valence-corrected chi connectivity index (χ1v) is 8.34. The van der Waals surface area contributed by atoms with Gasteiger partial charge >= 0.3 is 0 Å². The zero-order valence-corrected chi connectivity index (χ0v) is 14.1. The lowest BCUT2D eigenvalue weighted by Gasteiger charge is -2.23. The summed E-state index contributed by atoms with van der Waals surface area (Å²) in [7, 11) is 0. The molecule has 3 aromatic rings. The molecule has 1 aromatic carbocycles. The Hall–Kier alpha value is -2.51. The highest BCUT2D eigenvalue weighted by Gasteiger charge is 2.25. The fraction of sp³-hybridized carbons (Fsp3) is 0.235. The number of carbonyl (C=O) groups excluding carboxylic acids is 1. The van der Waals surface area contributed by atoms with Gasteiger partial charge in [0.2, 0.25) is 0 Å². The van der Waals surface area contributed by atoms with Gasteiger partial charge in [-0.1, -0.05) is 17.3 Å². The smallest absolute Gasteiger partial charge is 0.258 e. The van der Waals surface area contributed by atoms with Gasteiger partial charge in [0.05, 0.1) is 17.7 Å². The average Bonchev–Trinajstić information content (AvgIpc) is 3.24. The maximum atomic E-state index is 12.6. The highest BCUT2D eigenvalue weighted by Crippen LogP contribution is 2.24. The number of thiophene rings is 1. The molecule has 0 radical (unpaired) electrons. The van der Waals surface area contributed by atoms with Crippen molar-refractivity contribution in [1.82, 2.24) is 15.5 Å².